The van der Waals surface area contributed by atoms with Crippen LogP contribution in [-0.2, 0) is 19.5 Å². The molecular formula is C26H34N4O3. The molecule has 0 bridgehead atoms. The van der Waals surface area contributed by atoms with E-state index < -0.39 is 11.1 Å². The minimum atomic E-state index is -0.497. The maximum absolute atomic E-state index is 13.2. The predicted molar refractivity (Wildman–Crippen MR) is 127 cm³/mol. The number of nitrogens with zero attached hydrogens (tertiary/aromatic N) is 4. The minimum Gasteiger partial charge on any atom is -0.338 e. The Morgan fingerprint density at radius 2 is 1.76 bits per heavy atom. The smallest absolute Gasteiger partial charge is 0.332 e. The Labute approximate surface area is 194 Å². The van der Waals surface area contributed by atoms with Crippen molar-refractivity contribution in [2.45, 2.75) is 77.3 Å². The Bertz CT molecular complexity index is 1130. The standard InChI is InChI=1S/C26H34N4O3/c1-2-6-18-9-11-20(12-10-18)24(31)28-14-13-21-16-29-23(22(21)17-28)27-30(26(33)25(29)32)15-19-7-4-3-5-8-19/h9-12,19,21-22H,2-8,13-17H2,1H3/t21-,22+/m1/s1. The molecule has 1 saturated heterocycles. The summed E-state index contributed by atoms with van der Waals surface area (Å²) >= 11 is 0. The predicted octanol–water partition coefficient (Wildman–Crippen LogP) is 3.20. The van der Waals surface area contributed by atoms with E-state index in [1.54, 1.807) is 4.57 Å². The van der Waals surface area contributed by atoms with Gasteiger partial charge in [0.1, 0.15) is 5.82 Å². The molecular weight excluding hydrogens is 416 g/mol. The van der Waals surface area contributed by atoms with Crippen molar-refractivity contribution in [2.75, 3.05) is 13.1 Å². The van der Waals surface area contributed by atoms with E-state index >= 15 is 0 Å². The number of benzene rings is 1. The molecule has 33 heavy (non-hydrogen) atoms. The highest BCUT2D eigenvalue weighted by Crippen LogP contribution is 2.37. The number of fused-ring (bicyclic) bond motifs is 3. The van der Waals surface area contributed by atoms with Gasteiger partial charge in [-0.15, -0.1) is 0 Å². The summed E-state index contributed by atoms with van der Waals surface area (Å²) in [6, 6.07) is 7.93. The number of piperidine rings is 1. The zero-order chi connectivity index (χ0) is 22.9. The summed E-state index contributed by atoms with van der Waals surface area (Å²) in [5.74, 6) is 1.41. The number of carbonyl (C=O) groups excluding carboxylic acids is 1. The number of rotatable bonds is 5. The average molecular weight is 451 g/mol. The van der Waals surface area contributed by atoms with Crippen LogP contribution in [0.15, 0.2) is 33.9 Å². The van der Waals surface area contributed by atoms with Crippen LogP contribution in [0.25, 0.3) is 0 Å². The molecule has 3 heterocycles. The van der Waals surface area contributed by atoms with Gasteiger partial charge in [0.05, 0.1) is 0 Å². The van der Waals surface area contributed by atoms with Gasteiger partial charge in [0.25, 0.3) is 5.91 Å². The van der Waals surface area contributed by atoms with Crippen molar-refractivity contribution < 1.29 is 4.79 Å². The van der Waals surface area contributed by atoms with Gasteiger partial charge in [-0.25, -0.2) is 4.68 Å². The van der Waals surface area contributed by atoms with Crippen molar-refractivity contribution >= 4 is 5.91 Å². The first kappa shape index (κ1) is 22.1. The Morgan fingerprint density at radius 3 is 2.48 bits per heavy atom. The first-order valence-corrected chi connectivity index (χ1v) is 12.6. The number of amides is 1. The first-order valence-electron chi connectivity index (χ1n) is 12.6. The van der Waals surface area contributed by atoms with Crippen molar-refractivity contribution in [1.82, 2.24) is 19.2 Å². The van der Waals surface area contributed by atoms with Crippen LogP contribution in [0.1, 0.15) is 79.5 Å². The highest BCUT2D eigenvalue weighted by atomic mass is 16.2. The normalized spacial score (nSPS) is 22.8. The lowest BCUT2D eigenvalue weighted by Gasteiger charge is -2.34. The van der Waals surface area contributed by atoms with Crippen LogP contribution in [0.3, 0.4) is 0 Å². The Hall–Kier alpha value is -2.70. The molecule has 7 nitrogen and oxygen atoms in total. The summed E-state index contributed by atoms with van der Waals surface area (Å²) in [6.45, 7) is 4.45. The molecule has 1 amide bonds. The van der Waals surface area contributed by atoms with Crippen molar-refractivity contribution in [3.8, 4) is 0 Å². The van der Waals surface area contributed by atoms with Gasteiger partial charge in [0.15, 0.2) is 0 Å². The summed E-state index contributed by atoms with van der Waals surface area (Å²) in [4.78, 5) is 40.7. The molecule has 1 aliphatic carbocycles. The summed E-state index contributed by atoms with van der Waals surface area (Å²) in [5, 5.41) is 4.72. The molecule has 2 fully saturated rings. The van der Waals surface area contributed by atoms with Crippen LogP contribution in [0, 0.1) is 11.8 Å². The summed E-state index contributed by atoms with van der Waals surface area (Å²) in [7, 11) is 0. The summed E-state index contributed by atoms with van der Waals surface area (Å²) < 4.78 is 3.02. The second kappa shape index (κ2) is 9.27. The lowest BCUT2D eigenvalue weighted by molar-refractivity contribution is 0.0667. The first-order chi connectivity index (χ1) is 16.0. The average Bonchev–Trinajstić information content (AvgIpc) is 3.21. The fourth-order valence-electron chi connectivity index (χ4n) is 5.96. The summed E-state index contributed by atoms with van der Waals surface area (Å²) in [5.41, 5.74) is 1.01. The molecule has 1 aromatic heterocycles. The van der Waals surface area contributed by atoms with Gasteiger partial charge < -0.3 is 4.90 Å². The molecule has 1 aromatic carbocycles. The van der Waals surface area contributed by atoms with E-state index in [1.165, 1.54) is 29.5 Å². The Morgan fingerprint density at radius 1 is 1.00 bits per heavy atom. The van der Waals surface area contributed by atoms with Gasteiger partial charge in [-0.2, -0.15) is 5.10 Å². The lowest BCUT2D eigenvalue weighted by atomic mass is 9.87. The van der Waals surface area contributed by atoms with E-state index in [4.69, 9.17) is 5.10 Å². The molecule has 0 radical (unpaired) electrons. The van der Waals surface area contributed by atoms with Crippen LogP contribution < -0.4 is 11.1 Å². The van der Waals surface area contributed by atoms with Crippen LogP contribution in [-0.4, -0.2) is 38.2 Å². The van der Waals surface area contributed by atoms with E-state index in [1.807, 2.05) is 29.2 Å². The number of likely N-dealkylation sites (tertiary alicyclic amines) is 1. The fraction of sp³-hybridized carbons (Fsp3) is 0.615. The number of hydrogen-bond acceptors (Lipinski definition) is 4. The molecule has 0 unspecified atom stereocenters. The van der Waals surface area contributed by atoms with E-state index in [0.717, 1.165) is 32.1 Å². The summed E-state index contributed by atoms with van der Waals surface area (Å²) in [6.07, 6.45) is 8.73. The number of aromatic nitrogens is 3. The zero-order valence-corrected chi connectivity index (χ0v) is 19.5. The molecule has 0 spiro atoms. The van der Waals surface area contributed by atoms with E-state index in [9.17, 15) is 14.4 Å². The number of hydrogen-bond donors (Lipinski definition) is 0. The van der Waals surface area contributed by atoms with Crippen molar-refractivity contribution in [1.29, 1.82) is 0 Å². The topological polar surface area (TPSA) is 77.2 Å². The van der Waals surface area contributed by atoms with Crippen molar-refractivity contribution in [3.05, 3.63) is 61.9 Å². The van der Waals surface area contributed by atoms with Gasteiger partial charge >= 0.3 is 11.1 Å². The third-order valence-electron chi connectivity index (χ3n) is 7.85. The number of aryl methyl sites for hydroxylation is 1. The highest BCUT2D eigenvalue weighted by Gasteiger charge is 2.41. The van der Waals surface area contributed by atoms with Crippen LogP contribution in [0.4, 0.5) is 0 Å². The third kappa shape index (κ3) is 4.30. The molecule has 5 rings (SSSR count). The number of carbonyl (C=O) groups is 1. The van der Waals surface area contributed by atoms with Crippen molar-refractivity contribution in [3.63, 3.8) is 0 Å². The van der Waals surface area contributed by atoms with Gasteiger partial charge in [0.2, 0.25) is 0 Å². The molecule has 2 aromatic rings. The molecule has 176 valence electrons. The van der Waals surface area contributed by atoms with Gasteiger partial charge in [0, 0.05) is 37.7 Å². The maximum Gasteiger partial charge on any atom is 0.332 e. The van der Waals surface area contributed by atoms with Gasteiger partial charge in [-0.05, 0) is 55.2 Å². The minimum absolute atomic E-state index is 0.00738. The monoisotopic (exact) mass is 450 g/mol. The third-order valence-corrected chi connectivity index (χ3v) is 7.85. The SMILES string of the molecule is CCCc1ccc(C(=O)N2CC[C@@H]3Cn4c(nn(CC5CCCCC5)c(=O)c4=O)[C@H]3C2)cc1. The zero-order valence-electron chi connectivity index (χ0n) is 19.5. The Kier molecular flexibility index (Phi) is 6.21. The Balaban J connectivity index is 1.37. The molecule has 1 saturated carbocycles. The van der Waals surface area contributed by atoms with Crippen LogP contribution >= 0.6 is 0 Å². The van der Waals surface area contributed by atoms with Crippen LogP contribution in [0.5, 0.6) is 0 Å². The van der Waals surface area contributed by atoms with E-state index in [-0.39, 0.29) is 17.7 Å². The second-order valence-electron chi connectivity index (χ2n) is 10.1. The van der Waals surface area contributed by atoms with Crippen molar-refractivity contribution in [2.24, 2.45) is 11.8 Å². The molecule has 3 aliphatic rings. The fourth-order valence-corrected chi connectivity index (χ4v) is 5.96. The van der Waals surface area contributed by atoms with E-state index in [0.29, 0.717) is 43.5 Å². The lowest BCUT2D eigenvalue weighted by Crippen LogP contribution is -2.45. The van der Waals surface area contributed by atoms with E-state index in [2.05, 4.69) is 6.92 Å². The van der Waals surface area contributed by atoms with Gasteiger partial charge in [-0.3, -0.25) is 19.0 Å². The quantitative estimate of drug-likeness (QED) is 0.656. The second-order valence-corrected chi connectivity index (χ2v) is 10.1. The van der Waals surface area contributed by atoms with Crippen LogP contribution in [0.2, 0.25) is 0 Å². The molecule has 2 aliphatic heterocycles. The molecule has 0 N–H and O–H groups in total. The highest BCUT2D eigenvalue weighted by molar-refractivity contribution is 5.94. The molecule has 2 atom stereocenters. The molecule has 7 heteroatoms. The van der Waals surface area contributed by atoms with Gasteiger partial charge in [-0.1, -0.05) is 44.7 Å². The maximum atomic E-state index is 13.2. The largest absolute Gasteiger partial charge is 0.338 e.